The third-order valence-corrected chi connectivity index (χ3v) is 6.13. The predicted octanol–water partition coefficient (Wildman–Crippen LogP) is 9.36. The molecule has 0 fully saturated rings. The molecule has 37 heavy (non-hydrogen) atoms. The summed E-state index contributed by atoms with van der Waals surface area (Å²) in [7, 11) is 0. The van der Waals surface area contributed by atoms with Crippen LogP contribution < -0.4 is 0 Å². The molecule has 0 N–H and O–H groups in total. The fraction of sp³-hybridized carbons (Fsp3) is 0.933. The third-order valence-electron chi connectivity index (χ3n) is 5.68. The summed E-state index contributed by atoms with van der Waals surface area (Å²) in [4.78, 5) is 22.1. The number of ether oxygens (including phenoxy) is 2. The van der Waals surface area contributed by atoms with Crippen LogP contribution in [0.4, 0.5) is 0 Å². The van der Waals surface area contributed by atoms with E-state index < -0.39 is 0 Å². The molecule has 0 aromatic carbocycles. The minimum absolute atomic E-state index is 0. The van der Waals surface area contributed by atoms with Crippen LogP contribution in [0.25, 0.3) is 0 Å². The third kappa shape index (κ3) is 46.6. The van der Waals surface area contributed by atoms with Gasteiger partial charge in [0.15, 0.2) is 0 Å². The summed E-state index contributed by atoms with van der Waals surface area (Å²) >= 11 is 7.97. The zero-order valence-corrected chi connectivity index (χ0v) is 30.6. The number of esters is 2. The molecule has 0 amide bonds. The van der Waals surface area contributed by atoms with Gasteiger partial charge >= 0.3 is 11.9 Å². The standard InChI is InChI=1S/2C11H22O2S.2C4H10.Sn/c2*1-3-5-6-10(4-2)9-13-11(12)7-8-14;2*1-3-4-2;/h2*10,14H,3-9H2,1-2H3;2*3-4H2,1-2H3;. The molecule has 0 heterocycles. The van der Waals surface area contributed by atoms with Gasteiger partial charge in [-0.05, 0) is 24.7 Å². The normalized spacial score (nSPS) is 11.1. The fourth-order valence-electron chi connectivity index (χ4n) is 2.54. The Morgan fingerprint density at radius 2 is 0.865 bits per heavy atom. The van der Waals surface area contributed by atoms with Gasteiger partial charge in [-0.1, -0.05) is 120 Å². The van der Waals surface area contributed by atoms with Gasteiger partial charge < -0.3 is 9.47 Å². The van der Waals surface area contributed by atoms with Gasteiger partial charge in [-0.3, -0.25) is 9.59 Å². The summed E-state index contributed by atoms with van der Waals surface area (Å²) in [5.41, 5.74) is 0. The molecule has 0 saturated carbocycles. The van der Waals surface area contributed by atoms with Crippen LogP contribution in [-0.2, 0) is 19.1 Å². The molecule has 0 saturated heterocycles. The number of hydrogen-bond acceptors (Lipinski definition) is 6. The molecule has 224 valence electrons. The average molecular weight is 672 g/mol. The average Bonchev–Trinajstić information content (AvgIpc) is 2.90. The topological polar surface area (TPSA) is 52.6 Å². The molecule has 0 aromatic rings. The van der Waals surface area contributed by atoms with Crippen LogP contribution in [0.2, 0.25) is 0 Å². The van der Waals surface area contributed by atoms with Gasteiger partial charge in [-0.15, -0.1) is 0 Å². The van der Waals surface area contributed by atoms with Gasteiger partial charge in [0.2, 0.25) is 0 Å². The van der Waals surface area contributed by atoms with Crippen molar-refractivity contribution in [1.29, 1.82) is 0 Å². The van der Waals surface area contributed by atoms with Crippen LogP contribution in [0.15, 0.2) is 0 Å². The van der Waals surface area contributed by atoms with Crippen LogP contribution in [0.1, 0.15) is 145 Å². The van der Waals surface area contributed by atoms with E-state index in [0.29, 0.717) is 49.4 Å². The first-order valence-corrected chi connectivity index (χ1v) is 16.1. The van der Waals surface area contributed by atoms with E-state index in [4.69, 9.17) is 9.47 Å². The van der Waals surface area contributed by atoms with Crippen molar-refractivity contribution in [3.63, 3.8) is 0 Å². The van der Waals surface area contributed by atoms with E-state index >= 15 is 0 Å². The number of thiol groups is 2. The first kappa shape index (κ1) is 47.2. The molecule has 0 spiro atoms. The molecule has 2 atom stereocenters. The maximum Gasteiger partial charge on any atom is 0.306 e. The molecule has 4 radical (unpaired) electrons. The molecule has 0 rings (SSSR count). The summed E-state index contributed by atoms with van der Waals surface area (Å²) < 4.78 is 10.3. The van der Waals surface area contributed by atoms with Gasteiger partial charge in [-0.2, -0.15) is 25.3 Å². The number of rotatable bonds is 18. The Morgan fingerprint density at radius 3 is 1.05 bits per heavy atom. The zero-order valence-electron chi connectivity index (χ0n) is 25.9. The zero-order chi connectivity index (χ0) is 28.5. The Kier molecular flexibility index (Phi) is 55.5. The smallest absolute Gasteiger partial charge is 0.306 e. The summed E-state index contributed by atoms with van der Waals surface area (Å²) in [6.45, 7) is 18.5. The maximum absolute atomic E-state index is 11.1. The molecule has 0 bridgehead atoms. The molecule has 4 nitrogen and oxygen atoms in total. The molecule has 7 heteroatoms. The van der Waals surface area contributed by atoms with E-state index in [-0.39, 0.29) is 35.8 Å². The first-order chi connectivity index (χ1) is 17.3. The molecule has 0 aliphatic rings. The largest absolute Gasteiger partial charge is 0.465 e. The number of hydrogen-bond donors (Lipinski definition) is 2. The minimum atomic E-state index is -0.116. The van der Waals surface area contributed by atoms with Gasteiger partial charge in [0.1, 0.15) is 0 Å². The van der Waals surface area contributed by atoms with E-state index in [1.54, 1.807) is 0 Å². The van der Waals surface area contributed by atoms with Crippen molar-refractivity contribution >= 4 is 61.1 Å². The van der Waals surface area contributed by atoms with Crippen LogP contribution in [0.3, 0.4) is 0 Å². The SMILES string of the molecule is CCCC.CCCC.CCCCC(CC)COC(=O)CCS.CCCCC(CC)COC(=O)CCS.[Sn]. The van der Waals surface area contributed by atoms with E-state index in [0.717, 1.165) is 12.8 Å². The van der Waals surface area contributed by atoms with Crippen molar-refractivity contribution in [2.75, 3.05) is 24.7 Å². The minimum Gasteiger partial charge on any atom is -0.465 e. The second-order valence-corrected chi connectivity index (χ2v) is 10.0. The molecular weight excluding hydrogens is 607 g/mol. The van der Waals surface area contributed by atoms with Gasteiger partial charge in [0, 0.05) is 35.4 Å². The Morgan fingerprint density at radius 1 is 0.568 bits per heavy atom. The molecule has 2 unspecified atom stereocenters. The summed E-state index contributed by atoms with van der Waals surface area (Å²) in [5.74, 6) is 2.00. The molecule has 0 aliphatic carbocycles. The summed E-state index contributed by atoms with van der Waals surface area (Å²) in [6, 6.07) is 0. The summed E-state index contributed by atoms with van der Waals surface area (Å²) in [6.07, 6.45) is 15.5. The number of unbranched alkanes of at least 4 members (excludes halogenated alkanes) is 4. The Hall–Kier alpha value is 0.439. The number of carbonyl (C=O) groups excluding carboxylic acids is 2. The van der Waals surface area contributed by atoms with Crippen LogP contribution in [0.5, 0.6) is 0 Å². The fourth-order valence-corrected chi connectivity index (χ4v) is 2.91. The van der Waals surface area contributed by atoms with Crippen molar-refractivity contribution in [2.24, 2.45) is 11.8 Å². The van der Waals surface area contributed by atoms with Crippen LogP contribution in [-0.4, -0.2) is 60.6 Å². The predicted molar refractivity (Wildman–Crippen MR) is 172 cm³/mol. The van der Waals surface area contributed by atoms with Crippen molar-refractivity contribution in [3.05, 3.63) is 0 Å². The summed E-state index contributed by atoms with van der Waals surface area (Å²) in [5, 5.41) is 0. The second-order valence-electron chi connectivity index (χ2n) is 9.15. The van der Waals surface area contributed by atoms with Crippen molar-refractivity contribution in [3.8, 4) is 0 Å². The monoisotopic (exact) mass is 672 g/mol. The Bertz CT molecular complexity index is 384. The maximum atomic E-state index is 11.1. The van der Waals surface area contributed by atoms with E-state index in [1.165, 1.54) is 64.2 Å². The van der Waals surface area contributed by atoms with Gasteiger partial charge in [0.05, 0.1) is 26.1 Å². The second kappa shape index (κ2) is 43.5. The van der Waals surface area contributed by atoms with Crippen LogP contribution >= 0.6 is 25.3 Å². The first-order valence-electron chi connectivity index (χ1n) is 14.8. The Labute approximate surface area is 260 Å². The van der Waals surface area contributed by atoms with Crippen molar-refractivity contribution in [2.45, 2.75) is 145 Å². The Balaban J connectivity index is -0.000000140. The van der Waals surface area contributed by atoms with Crippen molar-refractivity contribution in [1.82, 2.24) is 0 Å². The quantitative estimate of drug-likeness (QED) is 0.0867. The number of carbonyl (C=O) groups is 2. The van der Waals surface area contributed by atoms with E-state index in [2.05, 4.69) is 80.6 Å². The molecule has 0 aromatic heterocycles. The van der Waals surface area contributed by atoms with Gasteiger partial charge in [0.25, 0.3) is 0 Å². The van der Waals surface area contributed by atoms with E-state index in [1.807, 2.05) is 0 Å². The van der Waals surface area contributed by atoms with Crippen LogP contribution in [0, 0.1) is 11.8 Å². The van der Waals surface area contributed by atoms with Gasteiger partial charge in [-0.25, -0.2) is 0 Å². The van der Waals surface area contributed by atoms with E-state index in [9.17, 15) is 9.59 Å². The molecular formula is C30H64O4S2Sn. The van der Waals surface area contributed by atoms with Crippen molar-refractivity contribution < 1.29 is 19.1 Å². The molecule has 0 aliphatic heterocycles.